The molecule has 2 rings (SSSR count). The van der Waals surface area contributed by atoms with Gasteiger partial charge in [-0.15, -0.1) is 0 Å². The second kappa shape index (κ2) is 5.22. The van der Waals surface area contributed by atoms with Crippen molar-refractivity contribution in [3.8, 4) is 0 Å². The molecule has 0 fully saturated rings. The summed E-state index contributed by atoms with van der Waals surface area (Å²) < 4.78 is 14.8. The van der Waals surface area contributed by atoms with Gasteiger partial charge in [-0.05, 0) is 45.0 Å². The van der Waals surface area contributed by atoms with Crippen molar-refractivity contribution in [1.29, 1.82) is 0 Å². The smallest absolute Gasteiger partial charge is 0.276 e. The van der Waals surface area contributed by atoms with Crippen LogP contribution >= 0.6 is 0 Å². The lowest BCUT2D eigenvalue weighted by Crippen LogP contribution is -2.14. The zero-order chi connectivity index (χ0) is 14.0. The van der Waals surface area contributed by atoms with Crippen LogP contribution in [0, 0.1) is 12.7 Å². The number of amides is 1. The van der Waals surface area contributed by atoms with E-state index >= 15 is 0 Å². The van der Waals surface area contributed by atoms with Crippen LogP contribution in [-0.2, 0) is 0 Å². The van der Waals surface area contributed by atoms with E-state index in [-0.39, 0.29) is 17.8 Å². The van der Waals surface area contributed by atoms with Crippen molar-refractivity contribution in [3.05, 3.63) is 47.5 Å². The molecule has 19 heavy (non-hydrogen) atoms. The molecule has 5 heteroatoms. The molecule has 4 nitrogen and oxygen atoms in total. The molecular formula is C14H16FN3O. The lowest BCUT2D eigenvalue weighted by atomic mass is 10.3. The number of carbonyl (C=O) groups excluding carboxylic acids is 1. The number of halogens is 1. The summed E-state index contributed by atoms with van der Waals surface area (Å²) in [7, 11) is 0. The van der Waals surface area contributed by atoms with Gasteiger partial charge >= 0.3 is 0 Å². The lowest BCUT2D eigenvalue weighted by molar-refractivity contribution is 0.102. The van der Waals surface area contributed by atoms with E-state index in [2.05, 4.69) is 10.4 Å². The molecule has 0 unspecified atom stereocenters. The topological polar surface area (TPSA) is 46.9 Å². The number of aromatic nitrogens is 2. The molecular weight excluding hydrogens is 245 g/mol. The number of nitrogens with zero attached hydrogens (tertiary/aromatic N) is 2. The molecule has 0 spiro atoms. The van der Waals surface area contributed by atoms with Gasteiger partial charge in [0.2, 0.25) is 0 Å². The summed E-state index contributed by atoms with van der Waals surface area (Å²) in [4.78, 5) is 12.0. The van der Waals surface area contributed by atoms with Gasteiger partial charge in [-0.3, -0.25) is 9.48 Å². The van der Waals surface area contributed by atoms with Gasteiger partial charge in [-0.25, -0.2) is 4.39 Å². The van der Waals surface area contributed by atoms with Crippen LogP contribution in [0.25, 0.3) is 0 Å². The normalized spacial score (nSPS) is 10.8. The van der Waals surface area contributed by atoms with E-state index in [0.29, 0.717) is 11.4 Å². The van der Waals surface area contributed by atoms with Crippen LogP contribution < -0.4 is 5.32 Å². The number of carbonyl (C=O) groups is 1. The van der Waals surface area contributed by atoms with Gasteiger partial charge < -0.3 is 5.32 Å². The van der Waals surface area contributed by atoms with Gasteiger partial charge in [-0.1, -0.05) is 6.07 Å². The van der Waals surface area contributed by atoms with Crippen molar-refractivity contribution in [2.24, 2.45) is 0 Å². The third-order valence-electron chi connectivity index (χ3n) is 2.73. The van der Waals surface area contributed by atoms with Crippen LogP contribution in [0.4, 0.5) is 10.1 Å². The fourth-order valence-electron chi connectivity index (χ4n) is 1.88. The quantitative estimate of drug-likeness (QED) is 0.922. The highest BCUT2D eigenvalue weighted by atomic mass is 19.1. The van der Waals surface area contributed by atoms with E-state index in [1.165, 1.54) is 12.1 Å². The summed E-state index contributed by atoms with van der Waals surface area (Å²) in [5.41, 5.74) is 1.66. The predicted octanol–water partition coefficient (Wildman–Crippen LogP) is 3.16. The first-order valence-electron chi connectivity index (χ1n) is 6.10. The largest absolute Gasteiger partial charge is 0.320 e. The van der Waals surface area contributed by atoms with Crippen LogP contribution in [0.1, 0.15) is 36.1 Å². The third kappa shape index (κ3) is 2.99. The number of rotatable bonds is 3. The molecule has 1 N–H and O–H groups in total. The fraction of sp³-hybridized carbons (Fsp3) is 0.286. The molecule has 0 atom stereocenters. The summed E-state index contributed by atoms with van der Waals surface area (Å²) in [5, 5.41) is 6.86. The number of nitrogens with one attached hydrogen (secondary N) is 1. The van der Waals surface area contributed by atoms with Gasteiger partial charge in [-0.2, -0.15) is 5.10 Å². The molecule has 0 aliphatic rings. The molecule has 1 heterocycles. The highest BCUT2D eigenvalue weighted by Gasteiger charge is 2.14. The Morgan fingerprint density at radius 1 is 1.37 bits per heavy atom. The van der Waals surface area contributed by atoms with Gasteiger partial charge in [0.1, 0.15) is 5.82 Å². The zero-order valence-electron chi connectivity index (χ0n) is 11.1. The molecule has 0 saturated carbocycles. The molecule has 100 valence electrons. The van der Waals surface area contributed by atoms with Crippen LogP contribution in [0.2, 0.25) is 0 Å². The van der Waals surface area contributed by atoms with Gasteiger partial charge in [0.25, 0.3) is 5.91 Å². The minimum absolute atomic E-state index is 0.190. The second-order valence-electron chi connectivity index (χ2n) is 4.67. The summed E-state index contributed by atoms with van der Waals surface area (Å²) >= 11 is 0. The average Bonchev–Trinajstić information content (AvgIpc) is 2.71. The summed E-state index contributed by atoms with van der Waals surface area (Å²) in [5.74, 6) is -0.727. The first-order valence-corrected chi connectivity index (χ1v) is 6.10. The third-order valence-corrected chi connectivity index (χ3v) is 2.73. The van der Waals surface area contributed by atoms with Crippen molar-refractivity contribution < 1.29 is 9.18 Å². The Bertz CT molecular complexity index is 604. The Morgan fingerprint density at radius 2 is 2.11 bits per heavy atom. The summed E-state index contributed by atoms with van der Waals surface area (Å²) in [6, 6.07) is 7.68. The Balaban J connectivity index is 2.18. The Kier molecular flexibility index (Phi) is 3.64. The average molecular weight is 261 g/mol. The molecule has 2 aromatic rings. The zero-order valence-corrected chi connectivity index (χ0v) is 11.1. The van der Waals surface area contributed by atoms with E-state index in [9.17, 15) is 9.18 Å². The lowest BCUT2D eigenvalue weighted by Gasteiger charge is -2.07. The van der Waals surface area contributed by atoms with Crippen molar-refractivity contribution in [2.75, 3.05) is 5.32 Å². The van der Waals surface area contributed by atoms with Crippen molar-refractivity contribution >= 4 is 11.6 Å². The van der Waals surface area contributed by atoms with Gasteiger partial charge in [0.05, 0.1) is 0 Å². The van der Waals surface area contributed by atoms with E-state index in [0.717, 1.165) is 5.69 Å². The van der Waals surface area contributed by atoms with E-state index in [1.807, 2.05) is 20.8 Å². The molecule has 1 aromatic heterocycles. The van der Waals surface area contributed by atoms with E-state index in [4.69, 9.17) is 0 Å². The monoisotopic (exact) mass is 261 g/mol. The number of hydrogen-bond acceptors (Lipinski definition) is 2. The second-order valence-corrected chi connectivity index (χ2v) is 4.67. The molecule has 1 aromatic carbocycles. The summed E-state index contributed by atoms with van der Waals surface area (Å²) in [6.45, 7) is 5.88. The predicted molar refractivity (Wildman–Crippen MR) is 71.7 cm³/mol. The maximum atomic E-state index is 13.0. The highest BCUT2D eigenvalue weighted by molar-refractivity contribution is 6.02. The number of benzene rings is 1. The van der Waals surface area contributed by atoms with Crippen molar-refractivity contribution in [1.82, 2.24) is 9.78 Å². The van der Waals surface area contributed by atoms with Crippen molar-refractivity contribution in [2.45, 2.75) is 26.8 Å². The minimum Gasteiger partial charge on any atom is -0.320 e. The van der Waals surface area contributed by atoms with Gasteiger partial charge in [0, 0.05) is 17.4 Å². The van der Waals surface area contributed by atoms with Crippen LogP contribution in [0.3, 0.4) is 0 Å². The Labute approximate surface area is 111 Å². The van der Waals surface area contributed by atoms with Gasteiger partial charge in [0.15, 0.2) is 5.69 Å². The number of hydrogen-bond donors (Lipinski definition) is 1. The molecule has 0 aliphatic carbocycles. The molecule has 0 radical (unpaired) electrons. The van der Waals surface area contributed by atoms with Crippen LogP contribution in [-0.4, -0.2) is 15.7 Å². The molecule has 0 saturated heterocycles. The SMILES string of the molecule is Cc1cc(C(=O)Nc2cccc(F)c2)nn1C(C)C. The van der Waals surface area contributed by atoms with Crippen LogP contribution in [0.5, 0.6) is 0 Å². The van der Waals surface area contributed by atoms with Crippen molar-refractivity contribution in [3.63, 3.8) is 0 Å². The fourth-order valence-corrected chi connectivity index (χ4v) is 1.88. The number of anilines is 1. The van der Waals surface area contributed by atoms with E-state index in [1.54, 1.807) is 22.9 Å². The maximum absolute atomic E-state index is 13.0. The maximum Gasteiger partial charge on any atom is 0.276 e. The van der Waals surface area contributed by atoms with Crippen LogP contribution in [0.15, 0.2) is 30.3 Å². The Hall–Kier alpha value is -2.17. The summed E-state index contributed by atoms with van der Waals surface area (Å²) in [6.07, 6.45) is 0. The Morgan fingerprint density at radius 3 is 2.68 bits per heavy atom. The first-order chi connectivity index (χ1) is 8.97. The standard InChI is InChI=1S/C14H16FN3O/c1-9(2)18-10(3)7-13(17-18)14(19)16-12-6-4-5-11(15)8-12/h4-9H,1-3H3,(H,16,19). The minimum atomic E-state index is -0.387. The molecule has 0 bridgehead atoms. The molecule has 1 amide bonds. The highest BCUT2D eigenvalue weighted by Crippen LogP contribution is 2.13. The first kappa shape index (κ1) is 13.3. The van der Waals surface area contributed by atoms with E-state index < -0.39 is 0 Å². The molecule has 0 aliphatic heterocycles. The number of aryl methyl sites for hydroxylation is 1.